The van der Waals surface area contributed by atoms with Gasteiger partial charge in [-0.3, -0.25) is 0 Å². The molecule has 1 atom stereocenters. The van der Waals surface area contributed by atoms with E-state index in [2.05, 4.69) is 32.9 Å². The van der Waals surface area contributed by atoms with Crippen molar-refractivity contribution in [1.82, 2.24) is 15.0 Å². The number of hydrogen-bond acceptors (Lipinski definition) is 3. The fraction of sp³-hybridized carbons (Fsp3) is 0.600. The van der Waals surface area contributed by atoms with Gasteiger partial charge in [-0.2, -0.15) is 0 Å². The van der Waals surface area contributed by atoms with E-state index in [1.807, 2.05) is 13.1 Å². The van der Waals surface area contributed by atoms with Gasteiger partial charge in [0.05, 0.1) is 12.7 Å². The largest absolute Gasteiger partial charge is 0.326 e. The van der Waals surface area contributed by atoms with Crippen LogP contribution in [0.3, 0.4) is 0 Å². The number of nitrogens with zero attached hydrogens (tertiary/aromatic N) is 3. The summed E-state index contributed by atoms with van der Waals surface area (Å²) in [5, 5.41) is 7.65. The van der Waals surface area contributed by atoms with Crippen LogP contribution < -0.4 is 5.73 Å². The molecule has 1 aromatic heterocycles. The predicted molar refractivity (Wildman–Crippen MR) is 46.4 cm³/mol. The number of rotatable bonds is 2. The lowest BCUT2D eigenvalue weighted by molar-refractivity contribution is 0.523. The van der Waals surface area contributed by atoms with Crippen LogP contribution in [-0.4, -0.2) is 21.0 Å². The second-order valence-electron chi connectivity index (χ2n) is 2.24. The maximum absolute atomic E-state index is 5.54. The third-order valence-corrected chi connectivity index (χ3v) is 1.48. The molecule has 0 aliphatic heterocycles. The minimum absolute atomic E-state index is 0.137. The molecule has 56 valence electrons. The molecule has 1 heterocycles. The summed E-state index contributed by atoms with van der Waals surface area (Å²) >= 11 is 2.11. The zero-order valence-corrected chi connectivity index (χ0v) is 7.82. The SMILES string of the molecule is CC(N)Cn1cc(I)nn1. The van der Waals surface area contributed by atoms with E-state index in [9.17, 15) is 0 Å². The first-order chi connectivity index (χ1) is 4.68. The fourth-order valence-electron chi connectivity index (χ4n) is 0.659. The molecule has 2 N–H and O–H groups in total. The molecule has 0 saturated carbocycles. The lowest BCUT2D eigenvalue weighted by Crippen LogP contribution is -2.22. The van der Waals surface area contributed by atoms with Gasteiger partial charge in [-0.05, 0) is 29.5 Å². The Kier molecular flexibility index (Phi) is 2.61. The summed E-state index contributed by atoms with van der Waals surface area (Å²) in [7, 11) is 0. The van der Waals surface area contributed by atoms with Crippen LogP contribution in [0.2, 0.25) is 0 Å². The highest BCUT2D eigenvalue weighted by Crippen LogP contribution is 1.96. The average molecular weight is 252 g/mol. The molecular weight excluding hydrogens is 243 g/mol. The lowest BCUT2D eigenvalue weighted by Gasteiger charge is -2.01. The van der Waals surface area contributed by atoms with E-state index in [4.69, 9.17) is 5.73 Å². The Balaban J connectivity index is 2.58. The highest BCUT2D eigenvalue weighted by atomic mass is 127. The van der Waals surface area contributed by atoms with Crippen LogP contribution in [0.4, 0.5) is 0 Å². The van der Waals surface area contributed by atoms with E-state index >= 15 is 0 Å². The number of hydrogen-bond donors (Lipinski definition) is 1. The van der Waals surface area contributed by atoms with Crippen molar-refractivity contribution in [3.63, 3.8) is 0 Å². The standard InChI is InChI=1S/C5H9IN4/c1-4(7)2-10-3-5(6)8-9-10/h3-4H,2,7H2,1H3. The Hall–Kier alpha value is -0.170. The molecule has 0 spiro atoms. The van der Waals surface area contributed by atoms with E-state index in [0.717, 1.165) is 10.2 Å². The second-order valence-corrected chi connectivity index (χ2v) is 3.35. The summed E-state index contributed by atoms with van der Waals surface area (Å²) in [6, 6.07) is 0.137. The molecule has 0 aliphatic rings. The molecule has 0 radical (unpaired) electrons. The Morgan fingerprint density at radius 1 is 1.90 bits per heavy atom. The monoisotopic (exact) mass is 252 g/mol. The van der Waals surface area contributed by atoms with Gasteiger partial charge in [0, 0.05) is 6.04 Å². The highest BCUT2D eigenvalue weighted by Gasteiger charge is 1.98. The molecule has 0 amide bonds. The minimum atomic E-state index is 0.137. The van der Waals surface area contributed by atoms with Crippen LogP contribution in [-0.2, 0) is 6.54 Å². The van der Waals surface area contributed by atoms with E-state index < -0.39 is 0 Å². The molecule has 1 aromatic rings. The van der Waals surface area contributed by atoms with E-state index in [-0.39, 0.29) is 6.04 Å². The number of halogens is 1. The first kappa shape index (κ1) is 7.93. The lowest BCUT2D eigenvalue weighted by atomic mass is 10.4. The van der Waals surface area contributed by atoms with Crippen LogP contribution in [0.1, 0.15) is 6.92 Å². The van der Waals surface area contributed by atoms with Crippen molar-refractivity contribution in [2.45, 2.75) is 19.5 Å². The summed E-state index contributed by atoms with van der Waals surface area (Å²) in [5.74, 6) is 0. The van der Waals surface area contributed by atoms with Crippen molar-refractivity contribution in [3.05, 3.63) is 9.90 Å². The van der Waals surface area contributed by atoms with Gasteiger partial charge in [-0.1, -0.05) is 5.21 Å². The van der Waals surface area contributed by atoms with Crippen molar-refractivity contribution in [3.8, 4) is 0 Å². The van der Waals surface area contributed by atoms with Crippen LogP contribution in [0, 0.1) is 3.70 Å². The van der Waals surface area contributed by atoms with Gasteiger partial charge in [0.2, 0.25) is 0 Å². The maximum atomic E-state index is 5.54. The third kappa shape index (κ3) is 2.22. The van der Waals surface area contributed by atoms with Gasteiger partial charge in [0.25, 0.3) is 0 Å². The maximum Gasteiger partial charge on any atom is 0.143 e. The fourth-order valence-corrected chi connectivity index (χ4v) is 1.08. The van der Waals surface area contributed by atoms with E-state index in [0.29, 0.717) is 0 Å². The van der Waals surface area contributed by atoms with Gasteiger partial charge in [0.1, 0.15) is 3.70 Å². The van der Waals surface area contributed by atoms with Crippen LogP contribution in [0.5, 0.6) is 0 Å². The van der Waals surface area contributed by atoms with Gasteiger partial charge in [0.15, 0.2) is 0 Å². The molecule has 0 bridgehead atoms. The van der Waals surface area contributed by atoms with Crippen molar-refractivity contribution in [2.24, 2.45) is 5.73 Å². The second kappa shape index (κ2) is 3.29. The van der Waals surface area contributed by atoms with Crippen molar-refractivity contribution >= 4 is 22.6 Å². The van der Waals surface area contributed by atoms with E-state index in [1.54, 1.807) is 4.68 Å². The first-order valence-corrected chi connectivity index (χ1v) is 4.07. The van der Waals surface area contributed by atoms with Gasteiger partial charge < -0.3 is 5.73 Å². The van der Waals surface area contributed by atoms with Crippen molar-refractivity contribution in [2.75, 3.05) is 0 Å². The highest BCUT2D eigenvalue weighted by molar-refractivity contribution is 14.1. The molecule has 0 fully saturated rings. The molecule has 5 heteroatoms. The van der Waals surface area contributed by atoms with Crippen LogP contribution >= 0.6 is 22.6 Å². The smallest absolute Gasteiger partial charge is 0.143 e. The van der Waals surface area contributed by atoms with Crippen molar-refractivity contribution in [1.29, 1.82) is 0 Å². The molecule has 10 heavy (non-hydrogen) atoms. The topological polar surface area (TPSA) is 56.7 Å². The minimum Gasteiger partial charge on any atom is -0.326 e. The molecule has 0 saturated heterocycles. The van der Waals surface area contributed by atoms with E-state index in [1.165, 1.54) is 0 Å². The summed E-state index contributed by atoms with van der Waals surface area (Å²) in [6.07, 6.45) is 1.86. The predicted octanol–water partition coefficient (Wildman–Crippen LogP) is 0.230. The Labute approximate surface area is 72.9 Å². The van der Waals surface area contributed by atoms with Gasteiger partial charge >= 0.3 is 0 Å². The quantitative estimate of drug-likeness (QED) is 0.766. The zero-order valence-electron chi connectivity index (χ0n) is 5.66. The summed E-state index contributed by atoms with van der Waals surface area (Å²) in [6.45, 7) is 2.67. The number of nitrogens with two attached hydrogens (primary N) is 1. The molecule has 1 unspecified atom stereocenters. The normalized spacial score (nSPS) is 13.5. The number of aromatic nitrogens is 3. The first-order valence-electron chi connectivity index (χ1n) is 2.99. The summed E-state index contributed by atoms with van der Waals surface area (Å²) < 4.78 is 2.64. The van der Waals surface area contributed by atoms with Crippen LogP contribution in [0.25, 0.3) is 0 Å². The Morgan fingerprint density at radius 3 is 3.00 bits per heavy atom. The van der Waals surface area contributed by atoms with Crippen LogP contribution in [0.15, 0.2) is 6.20 Å². The molecular formula is C5H9IN4. The summed E-state index contributed by atoms with van der Waals surface area (Å²) in [4.78, 5) is 0. The Morgan fingerprint density at radius 2 is 2.60 bits per heavy atom. The van der Waals surface area contributed by atoms with Gasteiger partial charge in [-0.15, -0.1) is 5.10 Å². The average Bonchev–Trinajstić information content (AvgIpc) is 2.13. The zero-order chi connectivity index (χ0) is 7.56. The summed E-state index contributed by atoms with van der Waals surface area (Å²) in [5.41, 5.74) is 5.54. The molecule has 0 aromatic carbocycles. The molecule has 0 aliphatic carbocycles. The molecule has 4 nitrogen and oxygen atoms in total. The molecule has 1 rings (SSSR count). The van der Waals surface area contributed by atoms with Crippen molar-refractivity contribution < 1.29 is 0 Å². The Bertz CT molecular complexity index is 207. The third-order valence-electron chi connectivity index (χ3n) is 0.986. The van der Waals surface area contributed by atoms with Gasteiger partial charge in [-0.25, -0.2) is 4.68 Å².